The second kappa shape index (κ2) is 7.66. The van der Waals surface area contributed by atoms with Crippen molar-refractivity contribution in [1.29, 1.82) is 0 Å². The Labute approximate surface area is 151 Å². The van der Waals surface area contributed by atoms with Gasteiger partial charge in [0.2, 0.25) is 0 Å². The van der Waals surface area contributed by atoms with E-state index in [1.807, 2.05) is 60.7 Å². The highest BCUT2D eigenvalue weighted by Crippen LogP contribution is 2.29. The van der Waals surface area contributed by atoms with E-state index in [1.165, 1.54) is 14.2 Å². The fourth-order valence-electron chi connectivity index (χ4n) is 2.88. The Balaban J connectivity index is 2.25. The maximum atomic E-state index is 12.3. The summed E-state index contributed by atoms with van der Waals surface area (Å²) in [6.07, 6.45) is 3.88. The Hall–Kier alpha value is -3.40. The Kier molecular flexibility index (Phi) is 5.13. The van der Waals surface area contributed by atoms with Gasteiger partial charge in [-0.2, -0.15) is 0 Å². The van der Waals surface area contributed by atoms with Crippen LogP contribution in [0.2, 0.25) is 0 Å². The minimum Gasteiger partial charge on any atom is -0.465 e. The third-order valence-electron chi connectivity index (χ3n) is 4.13. The molecule has 0 spiro atoms. The molecule has 26 heavy (non-hydrogen) atoms. The molecule has 0 saturated carbocycles. The van der Waals surface area contributed by atoms with Crippen molar-refractivity contribution in [3.05, 3.63) is 82.9 Å². The van der Waals surface area contributed by atoms with Crippen LogP contribution in [-0.2, 0) is 9.47 Å². The molecule has 3 aromatic carbocycles. The first kappa shape index (κ1) is 17.4. The molecular formula is C22H18O4. The first-order valence-corrected chi connectivity index (χ1v) is 8.11. The third-order valence-corrected chi connectivity index (χ3v) is 4.13. The highest BCUT2D eigenvalue weighted by molar-refractivity contribution is 6.14. The summed E-state index contributed by atoms with van der Waals surface area (Å²) in [6, 6.07) is 18.9. The molecule has 0 aliphatic rings. The van der Waals surface area contributed by atoms with Gasteiger partial charge in [-0.25, -0.2) is 9.59 Å². The first-order chi connectivity index (χ1) is 12.7. The molecule has 0 unspecified atom stereocenters. The highest BCUT2D eigenvalue weighted by atomic mass is 16.5. The quantitative estimate of drug-likeness (QED) is 0.512. The molecule has 130 valence electrons. The number of hydrogen-bond acceptors (Lipinski definition) is 4. The van der Waals surface area contributed by atoms with Crippen LogP contribution in [0.4, 0.5) is 0 Å². The number of carbonyl (C=O) groups is 2. The number of ether oxygens (including phenoxy) is 2. The average molecular weight is 346 g/mol. The third kappa shape index (κ3) is 3.35. The summed E-state index contributed by atoms with van der Waals surface area (Å²) in [5.74, 6) is -1.15. The molecule has 0 heterocycles. The number of benzene rings is 3. The van der Waals surface area contributed by atoms with E-state index in [0.29, 0.717) is 5.39 Å². The fourth-order valence-corrected chi connectivity index (χ4v) is 2.88. The van der Waals surface area contributed by atoms with Crippen LogP contribution in [0.25, 0.3) is 22.9 Å². The first-order valence-electron chi connectivity index (χ1n) is 8.11. The summed E-state index contributed by atoms with van der Waals surface area (Å²) >= 11 is 0. The van der Waals surface area contributed by atoms with Gasteiger partial charge in [-0.3, -0.25) is 0 Å². The van der Waals surface area contributed by atoms with Crippen molar-refractivity contribution < 1.29 is 19.1 Å². The molecule has 0 aromatic heterocycles. The molecular weight excluding hydrogens is 328 g/mol. The molecule has 0 aliphatic heterocycles. The number of fused-ring (bicyclic) bond motifs is 1. The van der Waals surface area contributed by atoms with E-state index < -0.39 is 11.9 Å². The van der Waals surface area contributed by atoms with Crippen molar-refractivity contribution in [2.45, 2.75) is 0 Å². The summed E-state index contributed by atoms with van der Waals surface area (Å²) in [5.41, 5.74) is 2.25. The van der Waals surface area contributed by atoms with Crippen molar-refractivity contribution >= 4 is 34.9 Å². The van der Waals surface area contributed by atoms with Gasteiger partial charge in [0.05, 0.1) is 25.3 Å². The number of hydrogen-bond donors (Lipinski definition) is 0. The van der Waals surface area contributed by atoms with Crippen molar-refractivity contribution in [3.8, 4) is 0 Å². The molecule has 3 rings (SSSR count). The van der Waals surface area contributed by atoms with Crippen LogP contribution in [0.1, 0.15) is 31.8 Å². The van der Waals surface area contributed by atoms with Crippen LogP contribution in [0.5, 0.6) is 0 Å². The normalized spacial score (nSPS) is 10.8. The van der Waals surface area contributed by atoms with Crippen molar-refractivity contribution in [2.75, 3.05) is 14.2 Å². The van der Waals surface area contributed by atoms with Gasteiger partial charge >= 0.3 is 11.9 Å². The summed E-state index contributed by atoms with van der Waals surface area (Å²) in [7, 11) is 2.58. The number of esters is 2. The fraction of sp³-hybridized carbons (Fsp3) is 0.0909. The Morgan fingerprint density at radius 2 is 1.38 bits per heavy atom. The van der Waals surface area contributed by atoms with Gasteiger partial charge in [0.1, 0.15) is 0 Å². The van der Waals surface area contributed by atoms with Gasteiger partial charge in [-0.15, -0.1) is 0 Å². The lowest BCUT2D eigenvalue weighted by atomic mass is 9.94. The lowest BCUT2D eigenvalue weighted by molar-refractivity contribution is 0.0557. The van der Waals surface area contributed by atoms with Crippen LogP contribution in [0.15, 0.2) is 60.7 Å². The van der Waals surface area contributed by atoms with Crippen molar-refractivity contribution in [2.24, 2.45) is 0 Å². The Morgan fingerprint density at radius 3 is 2.04 bits per heavy atom. The lowest BCUT2D eigenvalue weighted by Crippen LogP contribution is -2.13. The van der Waals surface area contributed by atoms with Gasteiger partial charge in [0.15, 0.2) is 0 Å². The van der Waals surface area contributed by atoms with Gasteiger partial charge in [-0.05, 0) is 28.0 Å². The molecule has 4 nitrogen and oxygen atoms in total. The van der Waals surface area contributed by atoms with Gasteiger partial charge < -0.3 is 9.47 Å². The molecule has 4 heteroatoms. The molecule has 0 atom stereocenters. The zero-order valence-electron chi connectivity index (χ0n) is 14.6. The van der Waals surface area contributed by atoms with E-state index >= 15 is 0 Å². The molecule has 3 aromatic rings. The largest absolute Gasteiger partial charge is 0.465 e. The zero-order chi connectivity index (χ0) is 18.5. The van der Waals surface area contributed by atoms with Crippen LogP contribution >= 0.6 is 0 Å². The highest BCUT2D eigenvalue weighted by Gasteiger charge is 2.22. The summed E-state index contributed by atoms with van der Waals surface area (Å²) in [4.78, 5) is 24.6. The molecule has 0 aliphatic carbocycles. The molecule has 0 bridgehead atoms. The van der Waals surface area contributed by atoms with Crippen LogP contribution in [0, 0.1) is 0 Å². The summed E-state index contributed by atoms with van der Waals surface area (Å²) < 4.78 is 9.75. The topological polar surface area (TPSA) is 52.6 Å². The minimum absolute atomic E-state index is 0.186. The molecule has 0 fully saturated rings. The molecule has 0 radical (unpaired) electrons. The monoisotopic (exact) mass is 346 g/mol. The van der Waals surface area contributed by atoms with E-state index in [0.717, 1.165) is 16.5 Å². The molecule has 0 saturated heterocycles. The van der Waals surface area contributed by atoms with E-state index in [1.54, 1.807) is 12.1 Å². The lowest BCUT2D eigenvalue weighted by Gasteiger charge is -2.12. The zero-order valence-corrected chi connectivity index (χ0v) is 14.6. The maximum absolute atomic E-state index is 12.3. The standard InChI is InChI=1S/C22H18O4/c1-25-21(23)19-14-16(13-12-15-8-4-3-5-9-15)17-10-6-7-11-18(17)20(19)22(24)26-2/h3-14H,1-2H3. The van der Waals surface area contributed by atoms with E-state index in [2.05, 4.69) is 0 Å². The Bertz CT molecular complexity index is 988. The van der Waals surface area contributed by atoms with Gasteiger partial charge in [0, 0.05) is 0 Å². The van der Waals surface area contributed by atoms with Crippen LogP contribution in [-0.4, -0.2) is 26.2 Å². The average Bonchev–Trinajstić information content (AvgIpc) is 2.71. The van der Waals surface area contributed by atoms with Crippen molar-refractivity contribution in [3.63, 3.8) is 0 Å². The van der Waals surface area contributed by atoms with Crippen LogP contribution < -0.4 is 0 Å². The smallest absolute Gasteiger partial charge is 0.339 e. The Morgan fingerprint density at radius 1 is 0.769 bits per heavy atom. The van der Waals surface area contributed by atoms with Gasteiger partial charge in [0.25, 0.3) is 0 Å². The predicted octanol–water partition coefficient (Wildman–Crippen LogP) is 4.58. The second-order valence-electron chi connectivity index (χ2n) is 5.66. The van der Waals surface area contributed by atoms with E-state index in [9.17, 15) is 9.59 Å². The number of rotatable bonds is 4. The maximum Gasteiger partial charge on any atom is 0.339 e. The van der Waals surface area contributed by atoms with Gasteiger partial charge in [-0.1, -0.05) is 66.7 Å². The molecule has 0 N–H and O–H groups in total. The summed E-state index contributed by atoms with van der Waals surface area (Å²) in [5, 5.41) is 1.50. The number of carbonyl (C=O) groups excluding carboxylic acids is 2. The van der Waals surface area contributed by atoms with Crippen LogP contribution in [0.3, 0.4) is 0 Å². The van der Waals surface area contributed by atoms with E-state index in [4.69, 9.17) is 9.47 Å². The predicted molar refractivity (Wildman–Crippen MR) is 102 cm³/mol. The van der Waals surface area contributed by atoms with E-state index in [-0.39, 0.29) is 11.1 Å². The molecule has 0 amide bonds. The van der Waals surface area contributed by atoms with Crippen molar-refractivity contribution in [1.82, 2.24) is 0 Å². The second-order valence-corrected chi connectivity index (χ2v) is 5.66. The number of methoxy groups -OCH3 is 2. The minimum atomic E-state index is -0.578. The SMILES string of the molecule is COC(=O)c1cc(C=Cc2ccccc2)c2ccccc2c1C(=O)OC. The summed E-state index contributed by atoms with van der Waals surface area (Å²) in [6.45, 7) is 0.